The molecule has 0 aliphatic heterocycles. The smallest absolute Gasteiger partial charge is 0.250 e. The van der Waals surface area contributed by atoms with E-state index in [1.54, 1.807) is 0 Å². The Morgan fingerprint density at radius 2 is 2.12 bits per heavy atom. The fourth-order valence-corrected chi connectivity index (χ4v) is 0.295. The van der Waals surface area contributed by atoms with Gasteiger partial charge in [0.05, 0.1) is 0 Å². The van der Waals surface area contributed by atoms with Crippen LogP contribution < -0.4 is 10.7 Å². The van der Waals surface area contributed by atoms with Crippen LogP contribution in [-0.2, 0) is 10.0 Å². The van der Waals surface area contributed by atoms with Crippen molar-refractivity contribution < 1.29 is 13.5 Å². The number of aliphatic hydroxyl groups is 1. The van der Waals surface area contributed by atoms with Gasteiger partial charge in [-0.05, 0) is 6.92 Å². The summed E-state index contributed by atoms with van der Waals surface area (Å²) in [6, 6.07) is 0. The zero-order chi connectivity index (χ0) is 6.78. The maximum atomic E-state index is 10.2. The van der Waals surface area contributed by atoms with Crippen LogP contribution in [0.2, 0.25) is 0 Å². The first-order chi connectivity index (χ1) is 3.50. The highest BCUT2D eigenvalue weighted by molar-refractivity contribution is 7.89. The lowest BCUT2D eigenvalue weighted by Gasteiger charge is -2.01. The Morgan fingerprint density at radius 1 is 1.75 bits per heavy atom. The topological polar surface area (TPSA) is 92.4 Å². The Bertz CT molecular complexity index is 149. The van der Waals surface area contributed by atoms with E-state index in [0.29, 0.717) is 0 Å². The van der Waals surface area contributed by atoms with E-state index in [1.165, 1.54) is 4.83 Å². The van der Waals surface area contributed by atoms with Gasteiger partial charge in [-0.25, -0.2) is 8.42 Å². The third-order valence-electron chi connectivity index (χ3n) is 0.613. The van der Waals surface area contributed by atoms with Crippen LogP contribution in [0.4, 0.5) is 0 Å². The Hall–Kier alpha value is -0.170. The fourth-order valence-electron chi connectivity index (χ4n) is 0.0985. The highest BCUT2D eigenvalue weighted by Gasteiger charge is 2.13. The molecule has 50 valence electrons. The SMILES string of the molecule is CC(O)S(=O)(=O)NN. The van der Waals surface area contributed by atoms with Gasteiger partial charge in [0.2, 0.25) is 0 Å². The van der Waals surface area contributed by atoms with Crippen molar-refractivity contribution in [1.29, 1.82) is 0 Å². The van der Waals surface area contributed by atoms with E-state index in [0.717, 1.165) is 6.92 Å². The molecule has 0 aromatic rings. The summed E-state index contributed by atoms with van der Waals surface area (Å²) >= 11 is 0. The van der Waals surface area contributed by atoms with Crippen LogP contribution in [0.25, 0.3) is 0 Å². The predicted octanol–water partition coefficient (Wildman–Crippen LogP) is -1.88. The van der Waals surface area contributed by atoms with Crippen LogP contribution in [0.15, 0.2) is 0 Å². The summed E-state index contributed by atoms with van der Waals surface area (Å²) in [7, 11) is -3.65. The second-order valence-electron chi connectivity index (χ2n) is 1.26. The van der Waals surface area contributed by atoms with E-state index in [1.807, 2.05) is 0 Å². The number of sulfonamides is 1. The van der Waals surface area contributed by atoms with Crippen LogP contribution in [0, 0.1) is 0 Å². The summed E-state index contributed by atoms with van der Waals surface area (Å²) in [5, 5.41) is 8.35. The molecule has 0 rings (SSSR count). The third-order valence-corrected chi connectivity index (χ3v) is 1.84. The van der Waals surface area contributed by atoms with Gasteiger partial charge in [-0.15, -0.1) is 0 Å². The average molecular weight is 140 g/mol. The van der Waals surface area contributed by atoms with Gasteiger partial charge in [0.15, 0.2) is 5.44 Å². The van der Waals surface area contributed by atoms with Crippen molar-refractivity contribution in [2.24, 2.45) is 5.84 Å². The molecule has 0 heterocycles. The van der Waals surface area contributed by atoms with Gasteiger partial charge in [0.25, 0.3) is 10.0 Å². The number of hydrogen-bond donors (Lipinski definition) is 3. The lowest BCUT2D eigenvalue weighted by molar-refractivity contribution is 0.266. The van der Waals surface area contributed by atoms with Crippen molar-refractivity contribution in [1.82, 2.24) is 4.83 Å². The Labute approximate surface area is 47.5 Å². The van der Waals surface area contributed by atoms with Crippen molar-refractivity contribution in [3.8, 4) is 0 Å². The molecule has 0 aromatic carbocycles. The van der Waals surface area contributed by atoms with E-state index >= 15 is 0 Å². The Kier molecular flexibility index (Phi) is 2.35. The first kappa shape index (κ1) is 7.83. The fraction of sp³-hybridized carbons (Fsp3) is 1.00. The second-order valence-corrected chi connectivity index (χ2v) is 3.27. The van der Waals surface area contributed by atoms with Gasteiger partial charge in [-0.2, -0.15) is 4.83 Å². The quantitative estimate of drug-likeness (QED) is 0.309. The molecule has 0 aliphatic rings. The maximum absolute atomic E-state index is 10.2. The van der Waals surface area contributed by atoms with Gasteiger partial charge in [0.1, 0.15) is 0 Å². The van der Waals surface area contributed by atoms with E-state index in [4.69, 9.17) is 5.11 Å². The van der Waals surface area contributed by atoms with Crippen molar-refractivity contribution in [3.05, 3.63) is 0 Å². The minimum absolute atomic E-state index is 1.11. The van der Waals surface area contributed by atoms with E-state index in [2.05, 4.69) is 5.84 Å². The van der Waals surface area contributed by atoms with Gasteiger partial charge in [-0.3, -0.25) is 5.84 Å². The zero-order valence-corrected chi connectivity index (χ0v) is 5.14. The molecule has 0 aromatic heterocycles. The van der Waals surface area contributed by atoms with Crippen molar-refractivity contribution in [2.75, 3.05) is 0 Å². The molecular formula is C2H8N2O3S. The monoisotopic (exact) mass is 140 g/mol. The Balaban J connectivity index is 4.17. The number of nitrogens with two attached hydrogens (primary N) is 1. The molecule has 0 bridgehead atoms. The molecule has 0 saturated carbocycles. The summed E-state index contributed by atoms with van der Waals surface area (Å²) in [4.78, 5) is 1.46. The average Bonchev–Trinajstić information content (AvgIpc) is 1.67. The van der Waals surface area contributed by atoms with Crippen molar-refractivity contribution >= 4 is 10.0 Å². The molecule has 1 atom stereocenters. The molecule has 4 N–H and O–H groups in total. The molecule has 0 fully saturated rings. The molecule has 8 heavy (non-hydrogen) atoms. The molecule has 0 radical (unpaired) electrons. The maximum Gasteiger partial charge on any atom is 0.250 e. The van der Waals surface area contributed by atoms with Gasteiger partial charge in [0, 0.05) is 0 Å². The number of nitrogens with one attached hydrogen (secondary N) is 1. The van der Waals surface area contributed by atoms with Crippen LogP contribution in [-0.4, -0.2) is 19.0 Å². The van der Waals surface area contributed by atoms with E-state index in [-0.39, 0.29) is 0 Å². The van der Waals surface area contributed by atoms with Crippen LogP contribution >= 0.6 is 0 Å². The number of hydrogen-bond acceptors (Lipinski definition) is 4. The standard InChI is InChI=1S/C2H8N2O3S/c1-2(5)8(6,7)4-3/h2,4-5H,3H2,1H3. The summed E-state index contributed by atoms with van der Waals surface area (Å²) in [5.74, 6) is 4.51. The second kappa shape index (κ2) is 2.40. The van der Waals surface area contributed by atoms with Gasteiger partial charge in [-0.1, -0.05) is 0 Å². The Morgan fingerprint density at radius 3 is 2.12 bits per heavy atom. The van der Waals surface area contributed by atoms with Gasteiger partial charge >= 0.3 is 0 Å². The number of aliphatic hydroxyl groups excluding tert-OH is 1. The molecule has 6 heteroatoms. The lowest BCUT2D eigenvalue weighted by atomic mass is 10.9. The molecule has 0 saturated heterocycles. The normalized spacial score (nSPS) is 15.9. The first-order valence-corrected chi connectivity index (χ1v) is 3.44. The summed E-state index contributed by atoms with van der Waals surface area (Å²) in [5.41, 5.74) is -1.45. The van der Waals surface area contributed by atoms with Crippen LogP contribution in [0.1, 0.15) is 6.92 Å². The first-order valence-electron chi connectivity index (χ1n) is 1.90. The molecular weight excluding hydrogens is 132 g/mol. The van der Waals surface area contributed by atoms with Crippen LogP contribution in [0.3, 0.4) is 0 Å². The summed E-state index contributed by atoms with van der Waals surface area (Å²) in [6.07, 6.45) is 0. The number of rotatable bonds is 2. The van der Waals surface area contributed by atoms with E-state index < -0.39 is 15.5 Å². The lowest BCUT2D eigenvalue weighted by Crippen LogP contribution is -2.37. The molecule has 0 amide bonds. The highest BCUT2D eigenvalue weighted by atomic mass is 32.2. The summed E-state index contributed by atoms with van der Waals surface area (Å²) < 4.78 is 20.4. The van der Waals surface area contributed by atoms with Crippen molar-refractivity contribution in [3.63, 3.8) is 0 Å². The summed E-state index contributed by atoms with van der Waals surface area (Å²) in [6.45, 7) is 1.11. The molecule has 0 aliphatic carbocycles. The third kappa shape index (κ3) is 1.74. The zero-order valence-electron chi connectivity index (χ0n) is 4.33. The molecule has 1 unspecified atom stereocenters. The largest absolute Gasteiger partial charge is 0.376 e. The molecule has 0 spiro atoms. The minimum Gasteiger partial charge on any atom is -0.376 e. The number of hydrazine groups is 1. The molecule has 5 nitrogen and oxygen atoms in total. The predicted molar refractivity (Wildman–Crippen MR) is 27.9 cm³/mol. The van der Waals surface area contributed by atoms with Crippen molar-refractivity contribution in [2.45, 2.75) is 12.4 Å². The minimum atomic E-state index is -3.65. The van der Waals surface area contributed by atoms with Crippen LogP contribution in [0.5, 0.6) is 0 Å². The highest BCUT2D eigenvalue weighted by Crippen LogP contribution is 1.87. The van der Waals surface area contributed by atoms with E-state index in [9.17, 15) is 8.42 Å². The van der Waals surface area contributed by atoms with Gasteiger partial charge < -0.3 is 5.11 Å².